The predicted octanol–water partition coefficient (Wildman–Crippen LogP) is 4.51. The minimum Gasteiger partial charge on any atom is -0.487 e. The van der Waals surface area contributed by atoms with Crippen LogP contribution in [0.4, 0.5) is 0 Å². The third-order valence-corrected chi connectivity index (χ3v) is 3.33. The Bertz CT molecular complexity index is 765. The van der Waals surface area contributed by atoms with Gasteiger partial charge in [-0.3, -0.25) is 0 Å². The summed E-state index contributed by atoms with van der Waals surface area (Å²) in [4.78, 5) is 24.9. The van der Waals surface area contributed by atoms with Gasteiger partial charge in [0.1, 0.15) is 0 Å². The fourth-order valence-corrected chi connectivity index (χ4v) is 2.20. The van der Waals surface area contributed by atoms with Crippen molar-refractivity contribution in [1.82, 2.24) is 0 Å². The molecule has 26 heavy (non-hydrogen) atoms. The smallest absolute Gasteiger partial charge is 0.344 e. The number of carbonyl (C=O) groups is 2. The van der Waals surface area contributed by atoms with Crippen LogP contribution in [-0.4, -0.2) is 24.6 Å². The highest BCUT2D eigenvalue weighted by Gasteiger charge is 2.21. The summed E-state index contributed by atoms with van der Waals surface area (Å²) in [6, 6.07) is 13.4. The van der Waals surface area contributed by atoms with Crippen molar-refractivity contribution in [3.05, 3.63) is 59.7 Å². The van der Waals surface area contributed by atoms with E-state index in [9.17, 15) is 9.59 Å². The second-order valence-corrected chi connectivity index (χ2v) is 6.54. The number of ether oxygens (including phenoxy) is 3. The van der Waals surface area contributed by atoms with Gasteiger partial charge in [-0.05, 0) is 44.0 Å². The van der Waals surface area contributed by atoms with Crippen molar-refractivity contribution in [2.24, 2.45) is 5.92 Å². The minimum absolute atomic E-state index is 0.0619. The third kappa shape index (κ3) is 5.34. The topological polar surface area (TPSA) is 61.8 Å². The zero-order valence-corrected chi connectivity index (χ0v) is 15.5. The summed E-state index contributed by atoms with van der Waals surface area (Å²) in [6.45, 7) is 7.95. The van der Waals surface area contributed by atoms with Crippen molar-refractivity contribution in [3.63, 3.8) is 0 Å². The molecule has 0 atom stereocenters. The molecule has 5 heteroatoms. The van der Waals surface area contributed by atoms with Crippen LogP contribution in [0.2, 0.25) is 0 Å². The number of esters is 2. The van der Waals surface area contributed by atoms with Gasteiger partial charge in [-0.15, -0.1) is 0 Å². The van der Waals surface area contributed by atoms with Crippen LogP contribution < -0.4 is 9.47 Å². The molecule has 0 aliphatic rings. The summed E-state index contributed by atoms with van der Waals surface area (Å²) in [5.41, 5.74) is 0.334. The molecule has 5 nitrogen and oxygen atoms in total. The lowest BCUT2D eigenvalue weighted by Crippen LogP contribution is -2.18. The van der Waals surface area contributed by atoms with Crippen LogP contribution in [0, 0.1) is 5.92 Å². The van der Waals surface area contributed by atoms with Crippen LogP contribution in [-0.2, 0) is 4.74 Å². The Morgan fingerprint density at radius 3 is 1.92 bits per heavy atom. The lowest BCUT2D eigenvalue weighted by Gasteiger charge is -2.14. The van der Waals surface area contributed by atoms with Crippen LogP contribution in [0.1, 0.15) is 48.4 Å². The second-order valence-electron chi connectivity index (χ2n) is 6.54. The molecule has 0 unspecified atom stereocenters. The molecule has 0 aliphatic heterocycles. The first-order valence-electron chi connectivity index (χ1n) is 8.62. The highest BCUT2D eigenvalue weighted by atomic mass is 16.6. The zero-order chi connectivity index (χ0) is 19.1. The van der Waals surface area contributed by atoms with E-state index in [1.165, 1.54) is 0 Å². The molecule has 2 rings (SSSR count). The van der Waals surface area contributed by atoms with E-state index in [2.05, 4.69) is 0 Å². The molecule has 138 valence electrons. The van der Waals surface area contributed by atoms with Gasteiger partial charge in [0.15, 0.2) is 11.5 Å². The summed E-state index contributed by atoms with van der Waals surface area (Å²) in [7, 11) is 0. The molecule has 0 bridgehead atoms. The van der Waals surface area contributed by atoms with E-state index in [0.717, 1.165) is 0 Å². The molecule has 0 N–H and O–H groups in total. The summed E-state index contributed by atoms with van der Waals surface area (Å²) in [5.74, 6) is -0.203. The van der Waals surface area contributed by atoms with E-state index < -0.39 is 11.9 Å². The van der Waals surface area contributed by atoms with Crippen molar-refractivity contribution in [2.75, 3.05) is 6.61 Å². The van der Waals surface area contributed by atoms with E-state index in [1.807, 2.05) is 27.7 Å². The van der Waals surface area contributed by atoms with E-state index in [4.69, 9.17) is 14.2 Å². The molecule has 0 radical (unpaired) electrons. The number of hydrogen-bond acceptors (Lipinski definition) is 5. The van der Waals surface area contributed by atoms with E-state index in [0.29, 0.717) is 11.5 Å². The normalized spacial score (nSPS) is 10.7. The van der Waals surface area contributed by atoms with Gasteiger partial charge in [-0.2, -0.15) is 0 Å². The molecule has 0 saturated carbocycles. The maximum Gasteiger partial charge on any atom is 0.344 e. The number of hydrogen-bond donors (Lipinski definition) is 0. The number of rotatable bonds is 7. The first kappa shape index (κ1) is 19.5. The highest BCUT2D eigenvalue weighted by Crippen LogP contribution is 2.28. The van der Waals surface area contributed by atoms with Crippen LogP contribution in [0.25, 0.3) is 0 Å². The van der Waals surface area contributed by atoms with E-state index >= 15 is 0 Å². The predicted molar refractivity (Wildman–Crippen MR) is 98.7 cm³/mol. The Balaban J connectivity index is 2.22. The molecule has 0 aliphatic carbocycles. The van der Waals surface area contributed by atoms with Crippen molar-refractivity contribution < 1.29 is 23.8 Å². The van der Waals surface area contributed by atoms with Gasteiger partial charge in [-0.25, -0.2) is 9.59 Å². The van der Waals surface area contributed by atoms with Gasteiger partial charge in [0.25, 0.3) is 0 Å². The number of benzene rings is 2. The lowest BCUT2D eigenvalue weighted by molar-refractivity contribution is 0.0452. The van der Waals surface area contributed by atoms with Crippen molar-refractivity contribution >= 4 is 11.9 Å². The average molecular weight is 356 g/mol. The van der Waals surface area contributed by atoms with Crippen LogP contribution >= 0.6 is 0 Å². The molecular formula is C21H24O5. The molecule has 0 spiro atoms. The summed E-state index contributed by atoms with van der Waals surface area (Å²) >= 11 is 0. The van der Waals surface area contributed by atoms with E-state index in [-0.39, 0.29) is 29.8 Å². The zero-order valence-electron chi connectivity index (χ0n) is 15.5. The lowest BCUT2D eigenvalue weighted by atomic mass is 10.1. The standard InChI is InChI=1S/C21H24O5/c1-14(2)13-24-20(22)16-9-5-6-10-17(16)21(23)26-19-12-8-7-11-18(19)25-15(3)4/h5-12,14-15H,13H2,1-4H3. The Hall–Kier alpha value is -2.82. The molecule has 2 aromatic rings. The van der Waals surface area contributed by atoms with Crippen molar-refractivity contribution in [3.8, 4) is 11.5 Å². The monoisotopic (exact) mass is 356 g/mol. The van der Waals surface area contributed by atoms with Gasteiger partial charge >= 0.3 is 11.9 Å². The van der Waals surface area contributed by atoms with Crippen molar-refractivity contribution in [1.29, 1.82) is 0 Å². The molecule has 2 aromatic carbocycles. The highest BCUT2D eigenvalue weighted by molar-refractivity contribution is 6.03. The molecule has 0 heterocycles. The second kappa shape index (κ2) is 9.04. The maximum absolute atomic E-state index is 12.6. The third-order valence-electron chi connectivity index (χ3n) is 3.33. The van der Waals surface area contributed by atoms with Gasteiger partial charge in [0.2, 0.25) is 0 Å². The maximum atomic E-state index is 12.6. The number of carbonyl (C=O) groups excluding carboxylic acids is 2. The molecule has 0 aromatic heterocycles. The first-order valence-corrected chi connectivity index (χ1v) is 8.62. The first-order chi connectivity index (χ1) is 12.4. The number of para-hydroxylation sites is 2. The van der Waals surface area contributed by atoms with Gasteiger partial charge in [0, 0.05) is 0 Å². The molecular weight excluding hydrogens is 332 g/mol. The minimum atomic E-state index is -0.637. The van der Waals surface area contributed by atoms with Gasteiger partial charge in [0.05, 0.1) is 23.8 Å². The summed E-state index contributed by atoms with van der Waals surface area (Å²) in [6.07, 6.45) is -0.0619. The fraction of sp³-hybridized carbons (Fsp3) is 0.333. The largest absolute Gasteiger partial charge is 0.487 e. The molecule has 0 saturated heterocycles. The Morgan fingerprint density at radius 2 is 1.35 bits per heavy atom. The average Bonchev–Trinajstić information content (AvgIpc) is 2.60. The van der Waals surface area contributed by atoms with Gasteiger partial charge < -0.3 is 14.2 Å². The van der Waals surface area contributed by atoms with E-state index in [1.54, 1.807) is 48.5 Å². The Morgan fingerprint density at radius 1 is 0.808 bits per heavy atom. The van der Waals surface area contributed by atoms with Crippen molar-refractivity contribution in [2.45, 2.75) is 33.8 Å². The van der Waals surface area contributed by atoms with Gasteiger partial charge in [-0.1, -0.05) is 38.1 Å². The van der Waals surface area contributed by atoms with Crippen LogP contribution in [0.15, 0.2) is 48.5 Å². The quantitative estimate of drug-likeness (QED) is 0.540. The SMILES string of the molecule is CC(C)COC(=O)c1ccccc1C(=O)Oc1ccccc1OC(C)C. The summed E-state index contributed by atoms with van der Waals surface area (Å²) in [5, 5.41) is 0. The molecule has 0 fully saturated rings. The Labute approximate surface area is 153 Å². The molecule has 0 amide bonds. The summed E-state index contributed by atoms with van der Waals surface area (Å²) < 4.78 is 16.4. The van der Waals surface area contributed by atoms with Crippen LogP contribution in [0.3, 0.4) is 0 Å². The van der Waals surface area contributed by atoms with Crippen LogP contribution in [0.5, 0.6) is 11.5 Å². The fourth-order valence-electron chi connectivity index (χ4n) is 2.20. The Kier molecular flexibility index (Phi) is 6.78.